The lowest BCUT2D eigenvalue weighted by atomic mass is 10.6. The van der Waals surface area contributed by atoms with Gasteiger partial charge in [-0.15, -0.1) is 0 Å². The molecule has 0 atom stereocenters. The van der Waals surface area contributed by atoms with Crippen LogP contribution in [0.5, 0.6) is 0 Å². The van der Waals surface area contributed by atoms with Gasteiger partial charge < -0.3 is 4.90 Å². The summed E-state index contributed by atoms with van der Waals surface area (Å²) in [6.45, 7) is 4.89. The van der Waals surface area contributed by atoms with Crippen molar-refractivity contribution in [3.05, 3.63) is 6.54 Å². The van der Waals surface area contributed by atoms with Crippen molar-refractivity contribution in [1.29, 1.82) is 0 Å². The molecule has 0 aromatic heterocycles. The van der Waals surface area contributed by atoms with Crippen LogP contribution in [0.1, 0.15) is 6.92 Å². The second-order valence-electron chi connectivity index (χ2n) is 1.74. The number of rotatable bonds is 0. The Morgan fingerprint density at radius 2 is 2.57 bits per heavy atom. The molecule has 0 amide bonds. The summed E-state index contributed by atoms with van der Waals surface area (Å²) in [6, 6.07) is 0. The lowest BCUT2D eigenvalue weighted by molar-refractivity contribution is 0.572. The lowest BCUT2D eigenvalue weighted by Gasteiger charge is -2.07. The first-order valence-electron chi connectivity index (χ1n) is 2.38. The van der Waals surface area contributed by atoms with E-state index < -0.39 is 0 Å². The van der Waals surface area contributed by atoms with E-state index in [-0.39, 0.29) is 0 Å². The van der Waals surface area contributed by atoms with Crippen LogP contribution in [0.15, 0.2) is 4.99 Å². The van der Waals surface area contributed by atoms with Gasteiger partial charge in [0.25, 0.3) is 0 Å². The molecule has 0 saturated heterocycles. The van der Waals surface area contributed by atoms with Crippen LogP contribution >= 0.6 is 0 Å². The first-order chi connectivity index (χ1) is 3.30. The van der Waals surface area contributed by atoms with Gasteiger partial charge >= 0.3 is 0 Å². The smallest absolute Gasteiger partial charge is 0.0960 e. The molecule has 1 heterocycles. The van der Waals surface area contributed by atoms with Gasteiger partial charge in [0.2, 0.25) is 0 Å². The molecule has 7 heavy (non-hydrogen) atoms. The number of hydrogen-bond acceptors (Lipinski definition) is 2. The third-order valence-corrected chi connectivity index (χ3v) is 1.19. The lowest BCUT2D eigenvalue weighted by Crippen LogP contribution is -2.18. The maximum absolute atomic E-state index is 4.03. The van der Waals surface area contributed by atoms with Crippen molar-refractivity contribution >= 4 is 5.84 Å². The van der Waals surface area contributed by atoms with Crippen LogP contribution in [0.3, 0.4) is 0 Å². The molecule has 0 bridgehead atoms. The number of aliphatic imine (C=N–C) groups is 1. The SMILES string of the molecule is CC1=N[CH]CN1C. The first-order valence-corrected chi connectivity index (χ1v) is 2.38. The quantitative estimate of drug-likeness (QED) is 0.430. The fraction of sp³-hybridized carbons (Fsp3) is 0.600. The predicted molar refractivity (Wildman–Crippen MR) is 30.0 cm³/mol. The minimum Gasteiger partial charge on any atom is -0.361 e. The monoisotopic (exact) mass is 97.1 g/mol. The van der Waals surface area contributed by atoms with E-state index in [2.05, 4.69) is 9.89 Å². The first kappa shape index (κ1) is 4.62. The fourth-order valence-electron chi connectivity index (χ4n) is 0.526. The van der Waals surface area contributed by atoms with E-state index >= 15 is 0 Å². The molecule has 2 heteroatoms. The Morgan fingerprint density at radius 1 is 1.86 bits per heavy atom. The largest absolute Gasteiger partial charge is 0.361 e. The van der Waals surface area contributed by atoms with Crippen LogP contribution in [-0.2, 0) is 0 Å². The van der Waals surface area contributed by atoms with Gasteiger partial charge in [-0.25, -0.2) is 0 Å². The summed E-state index contributed by atoms with van der Waals surface area (Å²) in [6.07, 6.45) is 0. The van der Waals surface area contributed by atoms with Crippen LogP contribution < -0.4 is 0 Å². The minimum absolute atomic E-state index is 0.978. The van der Waals surface area contributed by atoms with Gasteiger partial charge in [-0.2, -0.15) is 0 Å². The normalized spacial score (nSPS) is 20.3. The second kappa shape index (κ2) is 1.52. The van der Waals surface area contributed by atoms with E-state index in [4.69, 9.17) is 0 Å². The zero-order valence-corrected chi connectivity index (χ0v) is 4.68. The average molecular weight is 97.1 g/mol. The Morgan fingerprint density at radius 3 is 2.71 bits per heavy atom. The van der Waals surface area contributed by atoms with E-state index in [9.17, 15) is 0 Å². The Hall–Kier alpha value is -0.530. The molecule has 0 N–H and O–H groups in total. The highest BCUT2D eigenvalue weighted by Gasteiger charge is 2.04. The third-order valence-electron chi connectivity index (χ3n) is 1.19. The molecule has 0 aromatic carbocycles. The van der Waals surface area contributed by atoms with Crippen LogP contribution in [0.2, 0.25) is 0 Å². The van der Waals surface area contributed by atoms with Gasteiger partial charge in [-0.1, -0.05) is 0 Å². The van der Waals surface area contributed by atoms with Crippen molar-refractivity contribution in [3.63, 3.8) is 0 Å². The highest BCUT2D eigenvalue weighted by atomic mass is 15.2. The minimum atomic E-state index is 0.978. The van der Waals surface area contributed by atoms with E-state index in [0.717, 1.165) is 12.4 Å². The van der Waals surface area contributed by atoms with Crippen molar-refractivity contribution in [1.82, 2.24) is 4.90 Å². The summed E-state index contributed by atoms with van der Waals surface area (Å²) < 4.78 is 0. The number of likely N-dealkylation sites (N-methyl/N-ethyl adjacent to an activating group) is 1. The molecule has 0 fully saturated rings. The van der Waals surface area contributed by atoms with Crippen LogP contribution in [0.4, 0.5) is 0 Å². The molecular weight excluding hydrogens is 88.1 g/mol. The van der Waals surface area contributed by atoms with Gasteiger partial charge in [0.1, 0.15) is 0 Å². The molecule has 1 aliphatic heterocycles. The van der Waals surface area contributed by atoms with Crippen molar-refractivity contribution in [2.45, 2.75) is 6.92 Å². The van der Waals surface area contributed by atoms with Gasteiger partial charge in [0.15, 0.2) is 0 Å². The van der Waals surface area contributed by atoms with Crippen LogP contribution in [0, 0.1) is 6.54 Å². The zero-order chi connectivity index (χ0) is 5.28. The number of nitrogens with zero attached hydrogens (tertiary/aromatic N) is 2. The number of amidine groups is 1. The van der Waals surface area contributed by atoms with Gasteiger partial charge in [-0.05, 0) is 6.92 Å². The molecule has 1 aliphatic rings. The Kier molecular flexibility index (Phi) is 1.01. The maximum atomic E-state index is 4.03. The van der Waals surface area contributed by atoms with Crippen molar-refractivity contribution in [3.8, 4) is 0 Å². The highest BCUT2D eigenvalue weighted by molar-refractivity contribution is 5.81. The molecule has 0 unspecified atom stereocenters. The summed E-state index contributed by atoms with van der Waals surface area (Å²) in [5, 5.41) is 0. The maximum Gasteiger partial charge on any atom is 0.0960 e. The molecule has 1 radical (unpaired) electrons. The fourth-order valence-corrected chi connectivity index (χ4v) is 0.526. The Labute approximate surface area is 43.8 Å². The van der Waals surface area contributed by atoms with E-state index in [1.165, 1.54) is 0 Å². The number of hydrogen-bond donors (Lipinski definition) is 0. The van der Waals surface area contributed by atoms with Crippen molar-refractivity contribution in [2.75, 3.05) is 13.6 Å². The average Bonchev–Trinajstić information content (AvgIpc) is 1.91. The van der Waals surface area contributed by atoms with Gasteiger partial charge in [0, 0.05) is 13.6 Å². The molecule has 0 spiro atoms. The predicted octanol–water partition coefficient (Wildman–Crippen LogP) is 0.512. The summed E-state index contributed by atoms with van der Waals surface area (Å²) in [4.78, 5) is 6.13. The Bertz CT molecular complexity index is 96.3. The van der Waals surface area contributed by atoms with Crippen molar-refractivity contribution < 1.29 is 0 Å². The second-order valence-corrected chi connectivity index (χ2v) is 1.74. The molecule has 39 valence electrons. The summed E-state index contributed by atoms with van der Waals surface area (Å²) in [5.74, 6) is 1.11. The zero-order valence-electron chi connectivity index (χ0n) is 4.68. The molecule has 0 aliphatic carbocycles. The molecule has 0 aromatic rings. The molecule has 2 nitrogen and oxygen atoms in total. The standard InChI is InChI=1S/C5H9N2/c1-5-6-3-4-7(5)2/h3H,4H2,1-2H3. The summed E-state index contributed by atoms with van der Waals surface area (Å²) >= 11 is 0. The van der Waals surface area contributed by atoms with E-state index in [0.29, 0.717) is 0 Å². The van der Waals surface area contributed by atoms with Gasteiger partial charge in [-0.3, -0.25) is 4.99 Å². The van der Waals surface area contributed by atoms with Crippen LogP contribution in [0.25, 0.3) is 0 Å². The highest BCUT2D eigenvalue weighted by Crippen LogP contribution is 1.98. The van der Waals surface area contributed by atoms with E-state index in [1.807, 2.05) is 20.5 Å². The Balaban J connectivity index is 2.54. The third kappa shape index (κ3) is 0.734. The summed E-state index contributed by atoms with van der Waals surface area (Å²) in [7, 11) is 2.03. The van der Waals surface area contributed by atoms with Crippen molar-refractivity contribution in [2.24, 2.45) is 4.99 Å². The van der Waals surface area contributed by atoms with Crippen LogP contribution in [-0.4, -0.2) is 24.3 Å². The van der Waals surface area contributed by atoms with Gasteiger partial charge in [0.05, 0.1) is 12.4 Å². The molecule has 0 saturated carbocycles. The topological polar surface area (TPSA) is 15.6 Å². The molecular formula is C5H9N2. The molecule has 1 rings (SSSR count). The summed E-state index contributed by atoms with van der Waals surface area (Å²) in [5.41, 5.74) is 0. The van der Waals surface area contributed by atoms with E-state index in [1.54, 1.807) is 0 Å².